The topological polar surface area (TPSA) is 96.0 Å². The predicted molar refractivity (Wildman–Crippen MR) is 109 cm³/mol. The number of H-pyrrole nitrogens is 1. The van der Waals surface area contributed by atoms with Crippen molar-refractivity contribution in [1.29, 1.82) is 0 Å². The Labute approximate surface area is 169 Å². The first-order valence-corrected chi connectivity index (χ1v) is 9.69. The molecule has 0 bridgehead atoms. The zero-order valence-corrected chi connectivity index (χ0v) is 16.5. The van der Waals surface area contributed by atoms with Crippen LogP contribution in [0, 0.1) is 0 Å². The number of pyridine rings is 1. The molecular weight excluding hydrogens is 368 g/mol. The Hall–Kier alpha value is -3.10. The lowest BCUT2D eigenvalue weighted by molar-refractivity contribution is -0.0704. The molecule has 0 saturated carbocycles. The van der Waals surface area contributed by atoms with Gasteiger partial charge in [-0.15, -0.1) is 5.10 Å². The molecule has 2 atom stereocenters. The molecule has 1 amide bonds. The lowest BCUT2D eigenvalue weighted by Crippen LogP contribution is -2.44. The Morgan fingerprint density at radius 2 is 1.93 bits per heavy atom. The summed E-state index contributed by atoms with van der Waals surface area (Å²) in [7, 11) is 0. The molecule has 1 aliphatic heterocycles. The van der Waals surface area contributed by atoms with E-state index in [1.54, 1.807) is 6.20 Å². The summed E-state index contributed by atoms with van der Waals surface area (Å²) in [5.41, 5.74) is 2.39. The molecule has 1 fully saturated rings. The van der Waals surface area contributed by atoms with Crippen LogP contribution >= 0.6 is 0 Å². The van der Waals surface area contributed by atoms with Gasteiger partial charge in [0.25, 0.3) is 5.91 Å². The Bertz CT molecular complexity index is 947. The first-order chi connectivity index (χ1) is 14.1. The van der Waals surface area contributed by atoms with Gasteiger partial charge >= 0.3 is 0 Å². The zero-order valence-electron chi connectivity index (χ0n) is 16.5. The van der Waals surface area contributed by atoms with Gasteiger partial charge < -0.3 is 4.74 Å². The minimum Gasteiger partial charge on any atom is -0.373 e. The van der Waals surface area contributed by atoms with Gasteiger partial charge in [-0.3, -0.25) is 25.1 Å². The van der Waals surface area contributed by atoms with E-state index < -0.39 is 0 Å². The Morgan fingerprint density at radius 3 is 2.62 bits per heavy atom. The first kappa shape index (κ1) is 19.2. The fourth-order valence-electron chi connectivity index (χ4n) is 3.54. The second-order valence-corrected chi connectivity index (χ2v) is 7.33. The number of ether oxygens (including phenoxy) is 1. The van der Waals surface area contributed by atoms with E-state index in [0.29, 0.717) is 17.1 Å². The van der Waals surface area contributed by atoms with Crippen LogP contribution in [0.15, 0.2) is 48.7 Å². The number of amides is 1. The number of morpholine rings is 1. The van der Waals surface area contributed by atoms with Crippen molar-refractivity contribution in [3.8, 4) is 11.5 Å². The summed E-state index contributed by atoms with van der Waals surface area (Å²) in [5.74, 6) is 0.470. The Balaban J connectivity index is 1.36. The lowest BCUT2D eigenvalue weighted by Gasteiger charge is -2.35. The van der Waals surface area contributed by atoms with E-state index in [4.69, 9.17) is 4.74 Å². The van der Waals surface area contributed by atoms with Gasteiger partial charge in [0.05, 0.1) is 12.2 Å². The van der Waals surface area contributed by atoms with Crippen molar-refractivity contribution in [1.82, 2.24) is 25.1 Å². The van der Waals surface area contributed by atoms with Gasteiger partial charge in [0.15, 0.2) is 5.82 Å². The van der Waals surface area contributed by atoms with Crippen LogP contribution in [0.25, 0.3) is 11.5 Å². The molecule has 0 aliphatic carbocycles. The third-order valence-electron chi connectivity index (χ3n) is 4.74. The van der Waals surface area contributed by atoms with Crippen molar-refractivity contribution < 1.29 is 9.53 Å². The van der Waals surface area contributed by atoms with Gasteiger partial charge in [0.2, 0.25) is 5.95 Å². The van der Waals surface area contributed by atoms with E-state index in [2.05, 4.69) is 44.2 Å². The second-order valence-electron chi connectivity index (χ2n) is 7.33. The van der Waals surface area contributed by atoms with E-state index in [1.807, 2.05) is 42.5 Å². The molecule has 0 spiro atoms. The number of nitrogens with zero attached hydrogens (tertiary/aromatic N) is 4. The molecule has 29 heavy (non-hydrogen) atoms. The van der Waals surface area contributed by atoms with Crippen molar-refractivity contribution in [2.45, 2.75) is 32.6 Å². The van der Waals surface area contributed by atoms with E-state index in [1.165, 1.54) is 0 Å². The summed E-state index contributed by atoms with van der Waals surface area (Å²) in [6, 6.07) is 13.1. The molecular formula is C21H24N6O2. The average molecular weight is 392 g/mol. The maximum Gasteiger partial charge on any atom is 0.258 e. The number of anilines is 1. The number of carbonyl (C=O) groups excluding carboxylic acids is 1. The van der Waals surface area contributed by atoms with Crippen LogP contribution < -0.4 is 5.32 Å². The molecule has 150 valence electrons. The van der Waals surface area contributed by atoms with Crippen molar-refractivity contribution in [3.63, 3.8) is 0 Å². The van der Waals surface area contributed by atoms with E-state index in [0.717, 1.165) is 25.2 Å². The largest absolute Gasteiger partial charge is 0.373 e. The van der Waals surface area contributed by atoms with Crippen molar-refractivity contribution in [2.75, 3.05) is 18.4 Å². The van der Waals surface area contributed by atoms with Gasteiger partial charge in [-0.1, -0.05) is 18.2 Å². The third-order valence-corrected chi connectivity index (χ3v) is 4.74. The van der Waals surface area contributed by atoms with Crippen LogP contribution in [0.2, 0.25) is 0 Å². The highest BCUT2D eigenvalue weighted by Crippen LogP contribution is 2.16. The van der Waals surface area contributed by atoms with Gasteiger partial charge in [0.1, 0.15) is 5.69 Å². The number of nitrogens with one attached hydrogen (secondary N) is 2. The number of hydrogen-bond donors (Lipinski definition) is 2. The van der Waals surface area contributed by atoms with Crippen molar-refractivity contribution >= 4 is 11.9 Å². The second kappa shape index (κ2) is 8.50. The number of benzene rings is 1. The molecule has 2 unspecified atom stereocenters. The van der Waals surface area contributed by atoms with Crippen LogP contribution in [0.4, 0.5) is 5.95 Å². The quantitative estimate of drug-likeness (QED) is 0.693. The van der Waals surface area contributed by atoms with E-state index >= 15 is 0 Å². The third kappa shape index (κ3) is 4.85. The zero-order chi connectivity index (χ0) is 20.2. The molecule has 1 aromatic carbocycles. The van der Waals surface area contributed by atoms with Crippen LogP contribution in [0.1, 0.15) is 29.8 Å². The van der Waals surface area contributed by atoms with Gasteiger partial charge in [-0.05, 0) is 43.7 Å². The van der Waals surface area contributed by atoms with Crippen molar-refractivity contribution in [2.24, 2.45) is 0 Å². The van der Waals surface area contributed by atoms with E-state index in [9.17, 15) is 4.79 Å². The molecule has 3 aromatic rings. The highest BCUT2D eigenvalue weighted by atomic mass is 16.5. The Kier molecular flexibility index (Phi) is 5.64. The summed E-state index contributed by atoms with van der Waals surface area (Å²) in [6.07, 6.45) is 2.15. The molecule has 1 saturated heterocycles. The van der Waals surface area contributed by atoms with Crippen LogP contribution in [0.3, 0.4) is 0 Å². The fraction of sp³-hybridized carbons (Fsp3) is 0.333. The normalized spacial score (nSPS) is 19.8. The van der Waals surface area contributed by atoms with Crippen LogP contribution in [0.5, 0.6) is 0 Å². The molecule has 1 aliphatic rings. The molecule has 2 N–H and O–H groups in total. The van der Waals surface area contributed by atoms with E-state index in [-0.39, 0.29) is 24.1 Å². The molecule has 8 nitrogen and oxygen atoms in total. The number of hydrogen-bond acceptors (Lipinski definition) is 6. The molecule has 4 rings (SSSR count). The van der Waals surface area contributed by atoms with Gasteiger partial charge in [-0.2, -0.15) is 4.98 Å². The lowest BCUT2D eigenvalue weighted by atomic mass is 10.1. The summed E-state index contributed by atoms with van der Waals surface area (Å²) < 4.78 is 5.78. The summed E-state index contributed by atoms with van der Waals surface area (Å²) in [5, 5.41) is 9.54. The molecule has 0 radical (unpaired) electrons. The maximum absolute atomic E-state index is 12.5. The Morgan fingerprint density at radius 1 is 1.17 bits per heavy atom. The van der Waals surface area contributed by atoms with Gasteiger partial charge in [0, 0.05) is 31.4 Å². The molecule has 3 heterocycles. The van der Waals surface area contributed by atoms with Crippen LogP contribution in [-0.4, -0.2) is 56.3 Å². The maximum atomic E-state index is 12.5. The summed E-state index contributed by atoms with van der Waals surface area (Å²) in [6.45, 7) is 6.86. The molecule has 8 heteroatoms. The van der Waals surface area contributed by atoms with Crippen molar-refractivity contribution in [3.05, 3.63) is 59.8 Å². The SMILES string of the molecule is CC1CN(Cc2ccc(C(=O)Nc3n[nH]c(-c4ccccn4)n3)cc2)CC(C)O1. The average Bonchev–Trinajstić information content (AvgIpc) is 3.17. The smallest absolute Gasteiger partial charge is 0.258 e. The summed E-state index contributed by atoms with van der Waals surface area (Å²) in [4.78, 5) is 23.4. The van der Waals surface area contributed by atoms with Gasteiger partial charge in [-0.25, -0.2) is 0 Å². The standard InChI is InChI=1S/C21H24N6O2/c1-14-11-27(12-15(2)29-14)13-16-6-8-17(9-7-16)20(28)24-21-23-19(25-26-21)18-5-3-4-10-22-18/h3-10,14-15H,11-13H2,1-2H3,(H2,23,24,25,26,28). The first-order valence-electron chi connectivity index (χ1n) is 9.69. The molecule has 2 aromatic heterocycles. The fourth-order valence-corrected chi connectivity index (χ4v) is 3.54. The summed E-state index contributed by atoms with van der Waals surface area (Å²) >= 11 is 0. The predicted octanol–water partition coefficient (Wildman–Crippen LogP) is 2.73. The highest BCUT2D eigenvalue weighted by molar-refractivity contribution is 6.03. The minimum absolute atomic E-state index is 0.219. The number of rotatable bonds is 5. The number of aromatic amines is 1. The minimum atomic E-state index is -0.253. The number of aromatic nitrogens is 4. The highest BCUT2D eigenvalue weighted by Gasteiger charge is 2.22. The van der Waals surface area contributed by atoms with Crippen LogP contribution in [-0.2, 0) is 11.3 Å². The monoisotopic (exact) mass is 392 g/mol. The number of carbonyl (C=O) groups is 1.